The van der Waals surface area contributed by atoms with E-state index in [-0.39, 0.29) is 0 Å². The van der Waals surface area contributed by atoms with Crippen molar-refractivity contribution in [1.29, 1.82) is 0 Å². The van der Waals surface area contributed by atoms with Gasteiger partial charge in [-0.25, -0.2) is 4.98 Å². The number of unbranched alkanes of at least 4 members (excludes halogenated alkanes) is 3. The molecule has 2 heterocycles. The smallest absolute Gasteiger partial charge is 0.167 e. The number of hydrogen-bond acceptors (Lipinski definition) is 8. The van der Waals surface area contributed by atoms with Crippen LogP contribution >= 0.6 is 11.3 Å². The monoisotopic (exact) mass is 634 g/mol. The Bertz CT molecular complexity index is 1880. The van der Waals surface area contributed by atoms with E-state index in [0.29, 0.717) is 30.5 Å². The number of aromatic nitrogens is 2. The van der Waals surface area contributed by atoms with Crippen LogP contribution in [-0.2, 0) is 0 Å². The Hall–Kier alpha value is -4.82. The van der Waals surface area contributed by atoms with E-state index in [9.17, 15) is 0 Å². The zero-order valence-electron chi connectivity index (χ0n) is 26.7. The fourth-order valence-electron chi connectivity index (χ4n) is 5.30. The van der Waals surface area contributed by atoms with Crippen LogP contribution in [-0.4, -0.2) is 37.6 Å². The summed E-state index contributed by atoms with van der Waals surface area (Å²) in [5.74, 6) is 3.74. The normalized spacial score (nSPS) is 11.1. The van der Waals surface area contributed by atoms with Crippen molar-refractivity contribution >= 4 is 21.6 Å². The van der Waals surface area contributed by atoms with Gasteiger partial charge in [0.25, 0.3) is 0 Å². The molecular weight excluding hydrogens is 596 g/mol. The number of ether oxygens (including phenoxy) is 4. The molecule has 0 spiro atoms. The van der Waals surface area contributed by atoms with Gasteiger partial charge in [0.1, 0.15) is 22.2 Å². The Balaban J connectivity index is 0.953. The van der Waals surface area contributed by atoms with E-state index < -0.39 is 0 Å². The predicted molar refractivity (Wildman–Crippen MR) is 184 cm³/mol. The molecule has 0 saturated heterocycles. The van der Waals surface area contributed by atoms with Gasteiger partial charge in [0, 0.05) is 22.8 Å². The van der Waals surface area contributed by atoms with Gasteiger partial charge in [-0.15, -0.1) is 11.3 Å². The quantitative estimate of drug-likeness (QED) is 0.110. The summed E-state index contributed by atoms with van der Waals surface area (Å²) >= 11 is 1.71. The van der Waals surface area contributed by atoms with Crippen molar-refractivity contribution in [1.82, 2.24) is 10.1 Å². The molecule has 6 rings (SSSR count). The number of methoxy groups -OCH3 is 2. The highest BCUT2D eigenvalue weighted by Crippen LogP contribution is 2.36. The summed E-state index contributed by atoms with van der Waals surface area (Å²) in [5.41, 5.74) is 6.97. The topological polar surface area (TPSA) is 75.8 Å². The first-order valence-electron chi connectivity index (χ1n) is 15.5. The maximum Gasteiger partial charge on any atom is 0.167 e. The van der Waals surface area contributed by atoms with Crippen LogP contribution in [0.2, 0.25) is 0 Å². The Labute approximate surface area is 273 Å². The number of thiazole rings is 1. The van der Waals surface area contributed by atoms with E-state index >= 15 is 0 Å². The van der Waals surface area contributed by atoms with Gasteiger partial charge in [-0.3, -0.25) is 0 Å². The van der Waals surface area contributed by atoms with Gasteiger partial charge in [0.15, 0.2) is 17.3 Å². The Morgan fingerprint density at radius 3 is 2.15 bits per heavy atom. The summed E-state index contributed by atoms with van der Waals surface area (Å²) in [4.78, 5) is 4.74. The van der Waals surface area contributed by atoms with Crippen molar-refractivity contribution < 1.29 is 23.5 Å². The van der Waals surface area contributed by atoms with Crippen LogP contribution in [0.25, 0.3) is 43.4 Å². The van der Waals surface area contributed by atoms with Crippen LogP contribution in [0.15, 0.2) is 89.5 Å². The van der Waals surface area contributed by atoms with Crippen LogP contribution in [0.5, 0.6) is 23.0 Å². The lowest BCUT2D eigenvalue weighted by atomic mass is 10.0. The summed E-state index contributed by atoms with van der Waals surface area (Å²) in [6, 6.07) is 28.2. The minimum Gasteiger partial charge on any atom is -0.496 e. The number of para-hydroxylation sites is 1. The largest absolute Gasteiger partial charge is 0.496 e. The Morgan fingerprint density at radius 2 is 1.39 bits per heavy atom. The molecule has 0 saturated carbocycles. The molecule has 236 valence electrons. The van der Waals surface area contributed by atoms with Crippen molar-refractivity contribution in [3.63, 3.8) is 0 Å². The van der Waals surface area contributed by atoms with E-state index in [0.717, 1.165) is 81.2 Å². The molecule has 0 bridgehead atoms. The van der Waals surface area contributed by atoms with Gasteiger partial charge in [-0.05, 0) is 117 Å². The summed E-state index contributed by atoms with van der Waals surface area (Å²) < 4.78 is 30.2. The van der Waals surface area contributed by atoms with Crippen molar-refractivity contribution in [3.05, 3.63) is 96.1 Å². The van der Waals surface area contributed by atoms with Crippen molar-refractivity contribution in [2.75, 3.05) is 27.4 Å². The molecule has 0 aliphatic heterocycles. The molecule has 0 N–H and O–H groups in total. The number of benzene rings is 4. The Morgan fingerprint density at radius 1 is 0.674 bits per heavy atom. The second-order valence-electron chi connectivity index (χ2n) is 11.2. The molecule has 4 aromatic carbocycles. The maximum absolute atomic E-state index is 6.14. The molecule has 0 aliphatic carbocycles. The van der Waals surface area contributed by atoms with Crippen LogP contribution in [0.4, 0.5) is 0 Å². The molecule has 2 aromatic heterocycles. The summed E-state index contributed by atoms with van der Waals surface area (Å²) in [5, 5.41) is 5.35. The fraction of sp³-hybridized carbons (Fsp3) is 0.263. The lowest BCUT2D eigenvalue weighted by Crippen LogP contribution is -2.01. The summed E-state index contributed by atoms with van der Waals surface area (Å²) in [7, 11) is 3.33. The van der Waals surface area contributed by atoms with E-state index in [2.05, 4.69) is 36.3 Å². The number of hydrogen-bond donors (Lipinski definition) is 0. The van der Waals surface area contributed by atoms with Crippen molar-refractivity contribution in [2.45, 2.75) is 39.5 Å². The van der Waals surface area contributed by atoms with Gasteiger partial charge in [-0.2, -0.15) is 0 Å². The van der Waals surface area contributed by atoms with Gasteiger partial charge < -0.3 is 23.5 Å². The molecule has 6 aromatic rings. The van der Waals surface area contributed by atoms with Crippen molar-refractivity contribution in [3.8, 4) is 56.2 Å². The van der Waals surface area contributed by atoms with Crippen LogP contribution in [0, 0.1) is 13.8 Å². The zero-order valence-corrected chi connectivity index (χ0v) is 27.5. The molecule has 0 amide bonds. The van der Waals surface area contributed by atoms with E-state index in [1.54, 1.807) is 25.6 Å². The molecule has 0 unspecified atom stereocenters. The summed E-state index contributed by atoms with van der Waals surface area (Å²) in [6.45, 7) is 5.39. The van der Waals surface area contributed by atoms with E-state index in [1.807, 2.05) is 67.6 Å². The molecule has 0 aliphatic rings. The number of aryl methyl sites for hydroxylation is 1. The molecule has 0 fully saturated rings. The third-order valence-corrected chi connectivity index (χ3v) is 9.14. The minimum absolute atomic E-state index is 0.595. The molecule has 7 nitrogen and oxygen atoms in total. The van der Waals surface area contributed by atoms with Crippen LogP contribution in [0.1, 0.15) is 36.8 Å². The average molecular weight is 635 g/mol. The highest BCUT2D eigenvalue weighted by Gasteiger charge is 2.15. The van der Waals surface area contributed by atoms with Crippen LogP contribution in [0.3, 0.4) is 0 Å². The molecule has 0 radical (unpaired) electrons. The van der Waals surface area contributed by atoms with Gasteiger partial charge in [0.2, 0.25) is 0 Å². The maximum atomic E-state index is 6.14. The zero-order chi connectivity index (χ0) is 31.9. The molecule has 8 heteroatoms. The fourth-order valence-corrected chi connectivity index (χ4v) is 6.27. The predicted octanol–water partition coefficient (Wildman–Crippen LogP) is 9.94. The number of fused-ring (bicyclic) bond motifs is 1. The SMILES string of the molecule is COc1ccc(-c2cc(-c3cc(C)c(C)c(OC)c3)no2)cc1OCCCCCCOc1ccc(-c2nc3ccccc3s2)cc1. The van der Waals surface area contributed by atoms with Gasteiger partial charge >= 0.3 is 0 Å². The van der Waals surface area contributed by atoms with Gasteiger partial charge in [-0.1, -0.05) is 17.3 Å². The standard InChI is InChI=1S/C38H38N2O5S/c1-25-21-29(23-34(42-4)26(25)2)32-24-35(45-40-32)28-15-18-33(41-3)36(22-28)44-20-10-6-5-9-19-43-30-16-13-27(14-17-30)38-39-31-11-7-8-12-37(31)46-38/h7-8,11-18,21-24H,5-6,9-10,19-20H2,1-4H3. The van der Waals surface area contributed by atoms with Gasteiger partial charge in [0.05, 0.1) is 37.6 Å². The molecule has 46 heavy (non-hydrogen) atoms. The molecule has 0 atom stereocenters. The highest BCUT2D eigenvalue weighted by atomic mass is 32.1. The summed E-state index contributed by atoms with van der Waals surface area (Å²) in [6.07, 6.45) is 4.03. The van der Waals surface area contributed by atoms with E-state index in [4.69, 9.17) is 28.5 Å². The number of nitrogens with zero attached hydrogens (tertiary/aromatic N) is 2. The Kier molecular flexibility index (Phi) is 9.84. The third-order valence-electron chi connectivity index (χ3n) is 8.05. The second-order valence-corrected chi connectivity index (χ2v) is 12.2. The van der Waals surface area contributed by atoms with Crippen LogP contribution < -0.4 is 18.9 Å². The average Bonchev–Trinajstić information content (AvgIpc) is 3.76. The lowest BCUT2D eigenvalue weighted by Gasteiger charge is -2.12. The van der Waals surface area contributed by atoms with Crippen molar-refractivity contribution in [2.24, 2.45) is 0 Å². The minimum atomic E-state index is 0.595. The second kappa shape index (κ2) is 14.5. The highest BCUT2D eigenvalue weighted by molar-refractivity contribution is 7.21. The van der Waals surface area contributed by atoms with E-state index in [1.165, 1.54) is 4.70 Å². The lowest BCUT2D eigenvalue weighted by molar-refractivity contribution is 0.277. The first-order valence-corrected chi connectivity index (χ1v) is 16.4. The third kappa shape index (κ3) is 7.18. The first kappa shape index (κ1) is 31.2. The number of rotatable bonds is 14. The molecular formula is C38H38N2O5S. The first-order chi connectivity index (χ1) is 22.5.